The lowest BCUT2D eigenvalue weighted by Crippen LogP contribution is -2.39. The zero-order chi connectivity index (χ0) is 15.1. The van der Waals surface area contributed by atoms with Gasteiger partial charge < -0.3 is 20.1 Å². The molecule has 2 rings (SSSR count). The molecular weight excluding hydrogens is 275 g/mol. The number of hydrogen-bond acceptors (Lipinski definition) is 4. The summed E-state index contributed by atoms with van der Waals surface area (Å²) in [5, 5.41) is 5.72. The summed E-state index contributed by atoms with van der Waals surface area (Å²) in [7, 11) is 0. The van der Waals surface area contributed by atoms with Gasteiger partial charge in [0.1, 0.15) is 5.82 Å². The number of para-hydroxylation sites is 1. The number of ether oxygens (including phenoxy) is 2. The topological polar surface area (TPSA) is 59.6 Å². The molecule has 1 unspecified atom stereocenters. The number of hydrogen-bond donors (Lipinski definition) is 2. The molecule has 0 bridgehead atoms. The van der Waals surface area contributed by atoms with Crippen LogP contribution in [0.25, 0.3) is 0 Å². The fraction of sp³-hybridized carbons (Fsp3) is 0.533. The van der Waals surface area contributed by atoms with Crippen molar-refractivity contribution in [2.45, 2.75) is 19.4 Å². The SMILES string of the molecule is CCCNc1c(F)cccc1C(=O)NCC1COCCO1. The van der Waals surface area contributed by atoms with Crippen molar-refractivity contribution in [1.29, 1.82) is 0 Å². The molecule has 1 heterocycles. The van der Waals surface area contributed by atoms with E-state index in [2.05, 4.69) is 10.6 Å². The number of halogens is 1. The van der Waals surface area contributed by atoms with E-state index >= 15 is 0 Å². The van der Waals surface area contributed by atoms with Gasteiger partial charge in [-0.25, -0.2) is 4.39 Å². The van der Waals surface area contributed by atoms with Crippen molar-refractivity contribution in [1.82, 2.24) is 5.32 Å². The van der Waals surface area contributed by atoms with Crippen molar-refractivity contribution in [2.24, 2.45) is 0 Å². The maximum Gasteiger partial charge on any atom is 0.253 e. The Morgan fingerprint density at radius 2 is 2.29 bits per heavy atom. The summed E-state index contributed by atoms with van der Waals surface area (Å²) in [5.74, 6) is -0.740. The van der Waals surface area contributed by atoms with Crippen LogP contribution in [0.5, 0.6) is 0 Å². The summed E-state index contributed by atoms with van der Waals surface area (Å²) >= 11 is 0. The third kappa shape index (κ3) is 4.41. The molecule has 1 saturated heterocycles. The predicted octanol–water partition coefficient (Wildman–Crippen LogP) is 1.79. The fourth-order valence-electron chi connectivity index (χ4n) is 2.10. The van der Waals surface area contributed by atoms with Gasteiger partial charge in [0.2, 0.25) is 0 Å². The van der Waals surface area contributed by atoms with Crippen LogP contribution in [-0.4, -0.2) is 44.9 Å². The molecular formula is C15H21FN2O3. The minimum Gasteiger partial charge on any atom is -0.382 e. The summed E-state index contributed by atoms with van der Waals surface area (Å²) in [6, 6.07) is 4.48. The maximum atomic E-state index is 13.8. The van der Waals surface area contributed by atoms with Crippen LogP contribution in [0.1, 0.15) is 23.7 Å². The van der Waals surface area contributed by atoms with E-state index in [1.165, 1.54) is 12.1 Å². The van der Waals surface area contributed by atoms with Crippen LogP contribution in [0.2, 0.25) is 0 Å². The molecule has 116 valence electrons. The van der Waals surface area contributed by atoms with Crippen LogP contribution in [0.15, 0.2) is 18.2 Å². The monoisotopic (exact) mass is 296 g/mol. The quantitative estimate of drug-likeness (QED) is 0.840. The molecule has 1 aliphatic rings. The second-order valence-corrected chi connectivity index (χ2v) is 4.87. The Balaban J connectivity index is 1.98. The lowest BCUT2D eigenvalue weighted by Gasteiger charge is -2.23. The Labute approximate surface area is 123 Å². The largest absolute Gasteiger partial charge is 0.382 e. The Bertz CT molecular complexity index is 476. The number of carbonyl (C=O) groups excluding carboxylic acids is 1. The molecule has 1 fully saturated rings. The van der Waals surface area contributed by atoms with Gasteiger partial charge in [-0.3, -0.25) is 4.79 Å². The zero-order valence-electron chi connectivity index (χ0n) is 12.2. The van der Waals surface area contributed by atoms with Crippen molar-refractivity contribution < 1.29 is 18.7 Å². The summed E-state index contributed by atoms with van der Waals surface area (Å²) in [5.41, 5.74) is 0.554. The molecule has 0 aromatic heterocycles. The minimum atomic E-state index is -0.423. The Morgan fingerprint density at radius 3 is 3.00 bits per heavy atom. The lowest BCUT2D eigenvalue weighted by molar-refractivity contribution is -0.0855. The first-order valence-corrected chi connectivity index (χ1v) is 7.22. The van der Waals surface area contributed by atoms with Crippen LogP contribution in [0.3, 0.4) is 0 Å². The summed E-state index contributed by atoms with van der Waals surface area (Å²) in [4.78, 5) is 12.2. The van der Waals surface area contributed by atoms with Gasteiger partial charge in [-0.1, -0.05) is 13.0 Å². The molecule has 0 aliphatic carbocycles. The maximum absolute atomic E-state index is 13.8. The number of amides is 1. The van der Waals surface area contributed by atoms with Crippen LogP contribution in [0, 0.1) is 5.82 Å². The number of rotatable bonds is 6. The number of anilines is 1. The first-order valence-electron chi connectivity index (χ1n) is 7.22. The Morgan fingerprint density at radius 1 is 1.43 bits per heavy atom. The van der Waals surface area contributed by atoms with Gasteiger partial charge in [0.05, 0.1) is 37.2 Å². The summed E-state index contributed by atoms with van der Waals surface area (Å²) < 4.78 is 24.6. The highest BCUT2D eigenvalue weighted by atomic mass is 19.1. The van der Waals surface area contributed by atoms with Crippen molar-refractivity contribution >= 4 is 11.6 Å². The second-order valence-electron chi connectivity index (χ2n) is 4.87. The minimum absolute atomic E-state index is 0.150. The molecule has 1 aromatic carbocycles. The van der Waals surface area contributed by atoms with Gasteiger partial charge in [0.15, 0.2) is 0 Å². The van der Waals surface area contributed by atoms with Gasteiger partial charge in [0, 0.05) is 13.1 Å². The van der Waals surface area contributed by atoms with E-state index in [4.69, 9.17) is 9.47 Å². The van der Waals surface area contributed by atoms with Gasteiger partial charge in [-0.15, -0.1) is 0 Å². The van der Waals surface area contributed by atoms with E-state index in [1.54, 1.807) is 6.07 Å². The molecule has 5 nitrogen and oxygen atoms in total. The average Bonchev–Trinajstić information content (AvgIpc) is 2.52. The Hall–Kier alpha value is -1.66. The van der Waals surface area contributed by atoms with Gasteiger partial charge in [-0.05, 0) is 18.6 Å². The molecule has 1 aromatic rings. The normalized spacial score (nSPS) is 18.3. The van der Waals surface area contributed by atoms with Crippen molar-refractivity contribution in [3.8, 4) is 0 Å². The smallest absolute Gasteiger partial charge is 0.253 e. The van der Waals surface area contributed by atoms with Crippen LogP contribution in [-0.2, 0) is 9.47 Å². The van der Waals surface area contributed by atoms with Crippen molar-refractivity contribution in [3.05, 3.63) is 29.6 Å². The van der Waals surface area contributed by atoms with Crippen LogP contribution >= 0.6 is 0 Å². The number of benzene rings is 1. The molecule has 1 atom stereocenters. The highest BCUT2D eigenvalue weighted by Crippen LogP contribution is 2.19. The molecule has 21 heavy (non-hydrogen) atoms. The molecule has 0 radical (unpaired) electrons. The lowest BCUT2D eigenvalue weighted by atomic mass is 10.1. The van der Waals surface area contributed by atoms with E-state index in [0.717, 1.165) is 6.42 Å². The molecule has 0 spiro atoms. The van der Waals surface area contributed by atoms with E-state index in [0.29, 0.717) is 38.5 Å². The fourth-order valence-corrected chi connectivity index (χ4v) is 2.10. The first-order chi connectivity index (χ1) is 10.2. The molecule has 2 N–H and O–H groups in total. The van der Waals surface area contributed by atoms with Crippen LogP contribution < -0.4 is 10.6 Å². The predicted molar refractivity (Wildman–Crippen MR) is 78.1 cm³/mol. The van der Waals surface area contributed by atoms with E-state index in [1.807, 2.05) is 6.92 Å². The second kappa shape index (κ2) is 7.95. The molecule has 1 aliphatic heterocycles. The highest BCUT2D eigenvalue weighted by Gasteiger charge is 2.18. The standard InChI is InChI=1S/C15H21FN2O3/c1-2-6-17-14-12(4-3-5-13(14)16)15(19)18-9-11-10-20-7-8-21-11/h3-5,11,17H,2,6-10H2,1H3,(H,18,19). The van der Waals surface area contributed by atoms with Crippen LogP contribution in [0.4, 0.5) is 10.1 Å². The van der Waals surface area contributed by atoms with E-state index in [-0.39, 0.29) is 17.7 Å². The first kappa shape index (κ1) is 15.7. The molecule has 0 saturated carbocycles. The summed E-state index contributed by atoms with van der Waals surface area (Å²) in [6.45, 7) is 4.52. The van der Waals surface area contributed by atoms with Crippen molar-refractivity contribution in [2.75, 3.05) is 38.2 Å². The number of nitrogens with one attached hydrogen (secondary N) is 2. The molecule has 1 amide bonds. The van der Waals surface area contributed by atoms with Gasteiger partial charge in [-0.2, -0.15) is 0 Å². The number of carbonyl (C=O) groups is 1. The third-order valence-electron chi connectivity index (χ3n) is 3.19. The zero-order valence-corrected chi connectivity index (χ0v) is 12.2. The van der Waals surface area contributed by atoms with E-state index in [9.17, 15) is 9.18 Å². The Kier molecular flexibility index (Phi) is 5.95. The summed E-state index contributed by atoms with van der Waals surface area (Å²) in [6.07, 6.45) is 0.700. The van der Waals surface area contributed by atoms with E-state index < -0.39 is 5.82 Å². The molecule has 6 heteroatoms. The third-order valence-corrected chi connectivity index (χ3v) is 3.19. The van der Waals surface area contributed by atoms with Gasteiger partial charge in [0.25, 0.3) is 5.91 Å². The average molecular weight is 296 g/mol. The van der Waals surface area contributed by atoms with Gasteiger partial charge >= 0.3 is 0 Å². The van der Waals surface area contributed by atoms with Crippen molar-refractivity contribution in [3.63, 3.8) is 0 Å². The highest BCUT2D eigenvalue weighted by molar-refractivity contribution is 5.99.